The predicted octanol–water partition coefficient (Wildman–Crippen LogP) is 3.55. The van der Waals surface area contributed by atoms with E-state index in [9.17, 15) is 19.2 Å². The Morgan fingerprint density at radius 3 is 1.90 bits per heavy atom. The summed E-state index contributed by atoms with van der Waals surface area (Å²) in [7, 11) is 7.00. The highest BCUT2D eigenvalue weighted by Gasteiger charge is 2.19. The van der Waals surface area contributed by atoms with Gasteiger partial charge in [0.2, 0.25) is 23.3 Å². The first kappa shape index (κ1) is 35.8. The maximum absolute atomic E-state index is 11.5. The van der Waals surface area contributed by atoms with Gasteiger partial charge >= 0.3 is 0 Å². The number of fused-ring (bicyclic) bond motifs is 2. The third-order valence-electron chi connectivity index (χ3n) is 6.11. The lowest BCUT2D eigenvalue weighted by atomic mass is 10.0. The largest absolute Gasteiger partial charge is 0.349 e. The van der Waals surface area contributed by atoms with Crippen LogP contribution in [0, 0.1) is 0 Å². The summed E-state index contributed by atoms with van der Waals surface area (Å²) in [4.78, 5) is 67.9. The molecular formula is C30H46N8O4. The molecular weight excluding hydrogens is 536 g/mol. The van der Waals surface area contributed by atoms with Crippen molar-refractivity contribution in [1.82, 2.24) is 34.7 Å². The van der Waals surface area contributed by atoms with Crippen LogP contribution in [0.4, 0.5) is 5.82 Å². The van der Waals surface area contributed by atoms with Crippen molar-refractivity contribution < 1.29 is 14.4 Å². The third-order valence-corrected chi connectivity index (χ3v) is 6.11. The summed E-state index contributed by atoms with van der Waals surface area (Å²) >= 11 is 0. The molecule has 3 amide bonds. The fraction of sp³-hybridized carbons (Fsp3) is 0.533. The van der Waals surface area contributed by atoms with E-state index in [-0.39, 0.29) is 23.3 Å². The average molecular weight is 583 g/mol. The molecule has 4 rings (SSSR count). The van der Waals surface area contributed by atoms with Crippen LogP contribution in [0.25, 0.3) is 11.0 Å². The van der Waals surface area contributed by atoms with Gasteiger partial charge in [-0.1, -0.05) is 27.7 Å². The molecule has 0 unspecified atom stereocenters. The lowest BCUT2D eigenvalue weighted by molar-refractivity contribution is -0.129. The zero-order valence-corrected chi connectivity index (χ0v) is 26.3. The highest BCUT2D eigenvalue weighted by Crippen LogP contribution is 2.23. The summed E-state index contributed by atoms with van der Waals surface area (Å²) < 4.78 is 0. The lowest BCUT2D eigenvalue weighted by Crippen LogP contribution is -2.23. The van der Waals surface area contributed by atoms with E-state index in [2.05, 4.69) is 30.2 Å². The minimum Gasteiger partial charge on any atom is -0.349 e. The minimum absolute atomic E-state index is 0.0000597. The number of hydrogen-bond donors (Lipinski definition) is 2. The molecule has 0 fully saturated rings. The number of nitrogens with one attached hydrogen (secondary N) is 2. The van der Waals surface area contributed by atoms with E-state index in [0.29, 0.717) is 43.6 Å². The van der Waals surface area contributed by atoms with Crippen molar-refractivity contribution in [2.75, 3.05) is 33.5 Å². The molecule has 0 saturated heterocycles. The van der Waals surface area contributed by atoms with E-state index in [0.717, 1.165) is 41.6 Å². The number of carbonyl (C=O) groups excluding carboxylic acids is 3. The molecule has 0 saturated carbocycles. The Hall–Kier alpha value is -4.22. The highest BCUT2D eigenvalue weighted by molar-refractivity contribution is 5.92. The van der Waals surface area contributed by atoms with Crippen LogP contribution in [0.1, 0.15) is 76.8 Å². The molecule has 12 heteroatoms. The Balaban J connectivity index is 0.000000376. The van der Waals surface area contributed by atoms with Crippen LogP contribution < -0.4 is 10.9 Å². The van der Waals surface area contributed by atoms with Crippen LogP contribution in [0.2, 0.25) is 0 Å². The second kappa shape index (κ2) is 19.0. The van der Waals surface area contributed by atoms with Crippen molar-refractivity contribution in [2.24, 2.45) is 0 Å². The van der Waals surface area contributed by atoms with Crippen LogP contribution in [0.3, 0.4) is 0 Å². The number of rotatable bonds is 8. The minimum atomic E-state index is -0.181. The van der Waals surface area contributed by atoms with Gasteiger partial charge in [0.25, 0.3) is 0 Å². The van der Waals surface area contributed by atoms with Crippen molar-refractivity contribution in [3.05, 3.63) is 52.1 Å². The van der Waals surface area contributed by atoms with Gasteiger partial charge in [0.1, 0.15) is 24.1 Å². The fourth-order valence-electron chi connectivity index (χ4n) is 3.95. The van der Waals surface area contributed by atoms with Gasteiger partial charge < -0.3 is 20.1 Å². The topological polar surface area (TPSA) is 154 Å². The number of aromatic amines is 1. The lowest BCUT2D eigenvalue weighted by Gasteiger charge is -2.18. The monoisotopic (exact) mass is 582 g/mol. The Bertz CT molecular complexity index is 1350. The SMILES string of the molecule is CC.CC.CN(C)C(=O)CCCc1ncnc2[nH]c(=O)ccc12.CN(C)C(=O)CCCc1ncnc2c1CCC(=O)N2. The summed E-state index contributed by atoms with van der Waals surface area (Å²) in [5.41, 5.74) is 3.17. The summed E-state index contributed by atoms with van der Waals surface area (Å²) in [6.07, 6.45) is 7.96. The molecule has 0 spiro atoms. The molecule has 0 bridgehead atoms. The molecule has 230 valence electrons. The quantitative estimate of drug-likeness (QED) is 0.409. The van der Waals surface area contributed by atoms with Crippen molar-refractivity contribution >= 4 is 34.6 Å². The van der Waals surface area contributed by atoms with Gasteiger partial charge in [0.15, 0.2) is 0 Å². The standard InChI is InChI=1S/C13H18N4O2.C13H16N4O2.2C2H6/c2*1-17(2)12(19)5-3-4-10-9-6-7-11(18)16-13(9)15-8-14-10;2*1-2/h8H,3-7H2,1-2H3,(H,14,15,16,18);6-8H,3-5H2,1-2H3,(H,14,15,16,18);2*1-2H3. The summed E-state index contributed by atoms with van der Waals surface area (Å²) in [6, 6.07) is 3.18. The zero-order valence-electron chi connectivity index (χ0n) is 26.3. The summed E-state index contributed by atoms with van der Waals surface area (Å²) in [6.45, 7) is 8.00. The Labute approximate surface area is 248 Å². The predicted molar refractivity (Wildman–Crippen MR) is 165 cm³/mol. The molecule has 3 aromatic rings. The van der Waals surface area contributed by atoms with Gasteiger partial charge in [0.05, 0.1) is 5.69 Å². The number of hydrogen-bond acceptors (Lipinski definition) is 8. The first-order chi connectivity index (χ1) is 20.2. The molecule has 1 aliphatic rings. The van der Waals surface area contributed by atoms with Crippen LogP contribution in [-0.4, -0.2) is 80.6 Å². The number of H-pyrrole nitrogens is 1. The van der Waals surface area contributed by atoms with Crippen molar-refractivity contribution in [3.8, 4) is 0 Å². The highest BCUT2D eigenvalue weighted by atomic mass is 16.2. The molecule has 42 heavy (non-hydrogen) atoms. The molecule has 4 heterocycles. The Morgan fingerprint density at radius 1 is 0.762 bits per heavy atom. The molecule has 0 aromatic carbocycles. The van der Waals surface area contributed by atoms with Crippen molar-refractivity contribution in [1.29, 1.82) is 0 Å². The maximum atomic E-state index is 11.5. The maximum Gasteiger partial charge on any atom is 0.249 e. The zero-order chi connectivity index (χ0) is 31.7. The van der Waals surface area contributed by atoms with E-state index >= 15 is 0 Å². The number of anilines is 1. The number of pyridine rings is 1. The van der Waals surface area contributed by atoms with E-state index in [4.69, 9.17) is 0 Å². The molecule has 12 nitrogen and oxygen atoms in total. The number of nitrogens with zero attached hydrogens (tertiary/aromatic N) is 6. The average Bonchev–Trinajstić information content (AvgIpc) is 2.99. The first-order valence-electron chi connectivity index (χ1n) is 14.5. The van der Waals surface area contributed by atoms with Crippen LogP contribution in [0.5, 0.6) is 0 Å². The smallest absolute Gasteiger partial charge is 0.249 e. The van der Waals surface area contributed by atoms with Crippen LogP contribution >= 0.6 is 0 Å². The van der Waals surface area contributed by atoms with Crippen molar-refractivity contribution in [2.45, 2.75) is 79.1 Å². The number of aromatic nitrogens is 5. The van der Waals surface area contributed by atoms with Gasteiger partial charge in [-0.15, -0.1) is 0 Å². The van der Waals surface area contributed by atoms with E-state index < -0.39 is 0 Å². The number of amides is 3. The van der Waals surface area contributed by atoms with Crippen LogP contribution in [-0.2, 0) is 33.6 Å². The molecule has 0 atom stereocenters. The first-order valence-corrected chi connectivity index (χ1v) is 14.5. The Morgan fingerprint density at radius 2 is 1.31 bits per heavy atom. The van der Waals surface area contributed by atoms with Gasteiger partial charge in [-0.3, -0.25) is 19.2 Å². The second-order valence-corrected chi connectivity index (χ2v) is 9.38. The number of carbonyl (C=O) groups is 3. The van der Waals surface area contributed by atoms with E-state index in [1.165, 1.54) is 18.7 Å². The van der Waals surface area contributed by atoms with Gasteiger partial charge in [-0.25, -0.2) is 19.9 Å². The number of aryl methyl sites for hydroxylation is 2. The molecule has 0 radical (unpaired) electrons. The fourth-order valence-corrected chi connectivity index (χ4v) is 3.95. The van der Waals surface area contributed by atoms with Crippen LogP contribution in [0.15, 0.2) is 29.6 Å². The summed E-state index contributed by atoms with van der Waals surface area (Å²) in [5, 5.41) is 3.59. The van der Waals surface area contributed by atoms with E-state index in [1.54, 1.807) is 44.1 Å². The van der Waals surface area contributed by atoms with E-state index in [1.807, 2.05) is 27.7 Å². The molecule has 3 aromatic heterocycles. The van der Waals surface area contributed by atoms with Gasteiger partial charge in [-0.2, -0.15) is 0 Å². The summed E-state index contributed by atoms with van der Waals surface area (Å²) in [5.74, 6) is 0.850. The molecule has 2 N–H and O–H groups in total. The Kier molecular flexibility index (Phi) is 16.2. The van der Waals surface area contributed by atoms with Crippen molar-refractivity contribution in [3.63, 3.8) is 0 Å². The molecule has 1 aliphatic heterocycles. The normalized spacial score (nSPS) is 11.3. The van der Waals surface area contributed by atoms with Gasteiger partial charge in [-0.05, 0) is 38.2 Å². The molecule has 0 aliphatic carbocycles. The second-order valence-electron chi connectivity index (χ2n) is 9.38. The van der Waals surface area contributed by atoms with Gasteiger partial charge in [0, 0.05) is 70.2 Å². The third kappa shape index (κ3) is 11.3.